The van der Waals surface area contributed by atoms with E-state index in [9.17, 15) is 14.4 Å². The molecule has 0 aromatic carbocycles. The van der Waals surface area contributed by atoms with E-state index >= 15 is 0 Å². The summed E-state index contributed by atoms with van der Waals surface area (Å²) in [6, 6.07) is 1.24. The quantitative estimate of drug-likeness (QED) is 0.800. The zero-order valence-corrected chi connectivity index (χ0v) is 11.7. The summed E-state index contributed by atoms with van der Waals surface area (Å²) >= 11 is 0. The lowest BCUT2D eigenvalue weighted by Gasteiger charge is -2.22. The lowest BCUT2D eigenvalue weighted by molar-refractivity contribution is -0.169. The Bertz CT molecular complexity index is 610. The van der Waals surface area contributed by atoms with E-state index < -0.39 is 35.2 Å². The van der Waals surface area contributed by atoms with E-state index in [4.69, 9.17) is 9.47 Å². The summed E-state index contributed by atoms with van der Waals surface area (Å²) in [6.07, 6.45) is 1.11. The SMILES string of the molecule is CC(C)(C)OC(=O)C1CCC(n2ccc(=O)[nH]c2=O)O1. The summed E-state index contributed by atoms with van der Waals surface area (Å²) in [5.41, 5.74) is -1.59. The molecule has 2 rings (SSSR count). The Morgan fingerprint density at radius 1 is 1.40 bits per heavy atom. The second-order valence-electron chi connectivity index (χ2n) is 5.71. The van der Waals surface area contributed by atoms with Gasteiger partial charge in [0.2, 0.25) is 0 Å². The number of ether oxygens (including phenoxy) is 2. The van der Waals surface area contributed by atoms with E-state index in [1.165, 1.54) is 16.8 Å². The lowest BCUT2D eigenvalue weighted by Crippen LogP contribution is -2.34. The maximum absolute atomic E-state index is 11.9. The molecule has 7 heteroatoms. The van der Waals surface area contributed by atoms with Crippen molar-refractivity contribution in [1.82, 2.24) is 9.55 Å². The average Bonchev–Trinajstić information content (AvgIpc) is 2.75. The van der Waals surface area contributed by atoms with E-state index in [1.54, 1.807) is 20.8 Å². The van der Waals surface area contributed by atoms with Crippen molar-refractivity contribution < 1.29 is 14.3 Å². The standard InChI is InChI=1S/C13H18N2O5/c1-13(2,3)20-11(17)8-4-5-10(19-8)15-7-6-9(16)14-12(15)18/h6-8,10H,4-5H2,1-3H3,(H,14,16,18). The highest BCUT2D eigenvalue weighted by Crippen LogP contribution is 2.28. The molecule has 0 saturated carbocycles. The number of esters is 1. The van der Waals surface area contributed by atoms with Gasteiger partial charge in [-0.05, 0) is 33.6 Å². The first-order valence-electron chi connectivity index (χ1n) is 6.46. The number of hydrogen-bond donors (Lipinski definition) is 1. The fourth-order valence-corrected chi connectivity index (χ4v) is 2.02. The van der Waals surface area contributed by atoms with Gasteiger partial charge in [-0.2, -0.15) is 0 Å². The Labute approximate surface area is 115 Å². The maximum Gasteiger partial charge on any atom is 0.335 e. The van der Waals surface area contributed by atoms with Crippen molar-refractivity contribution >= 4 is 5.97 Å². The van der Waals surface area contributed by atoms with Crippen molar-refractivity contribution in [2.75, 3.05) is 0 Å². The minimum atomic E-state index is -0.682. The highest BCUT2D eigenvalue weighted by Gasteiger charge is 2.35. The van der Waals surface area contributed by atoms with Gasteiger partial charge >= 0.3 is 11.7 Å². The van der Waals surface area contributed by atoms with Crippen molar-refractivity contribution in [3.8, 4) is 0 Å². The number of carbonyl (C=O) groups is 1. The van der Waals surface area contributed by atoms with Crippen LogP contribution in [0.3, 0.4) is 0 Å². The Hall–Kier alpha value is -1.89. The first-order chi connectivity index (χ1) is 9.26. The van der Waals surface area contributed by atoms with E-state index in [0.717, 1.165) is 0 Å². The molecule has 2 unspecified atom stereocenters. The molecule has 0 aliphatic carbocycles. The third-order valence-electron chi connectivity index (χ3n) is 2.83. The molecular formula is C13H18N2O5. The molecule has 1 saturated heterocycles. The monoisotopic (exact) mass is 282 g/mol. The molecule has 110 valence electrons. The van der Waals surface area contributed by atoms with Crippen molar-refractivity contribution in [3.05, 3.63) is 33.1 Å². The summed E-state index contributed by atoms with van der Waals surface area (Å²) in [7, 11) is 0. The lowest BCUT2D eigenvalue weighted by atomic mass is 10.2. The summed E-state index contributed by atoms with van der Waals surface area (Å²) in [4.78, 5) is 36.7. The third-order valence-corrected chi connectivity index (χ3v) is 2.83. The largest absolute Gasteiger partial charge is 0.458 e. The average molecular weight is 282 g/mol. The Morgan fingerprint density at radius 2 is 2.10 bits per heavy atom. The van der Waals surface area contributed by atoms with Crippen molar-refractivity contribution in [2.45, 2.75) is 51.5 Å². The molecule has 0 radical (unpaired) electrons. The molecule has 1 aromatic rings. The Balaban J connectivity index is 2.07. The van der Waals surface area contributed by atoms with Crippen LogP contribution in [0, 0.1) is 0 Å². The van der Waals surface area contributed by atoms with Crippen LogP contribution >= 0.6 is 0 Å². The van der Waals surface area contributed by atoms with Gasteiger partial charge in [-0.1, -0.05) is 0 Å². The van der Waals surface area contributed by atoms with Crippen LogP contribution in [-0.2, 0) is 14.3 Å². The first-order valence-corrected chi connectivity index (χ1v) is 6.46. The number of H-pyrrole nitrogens is 1. The van der Waals surface area contributed by atoms with Gasteiger partial charge in [-0.3, -0.25) is 14.3 Å². The second-order valence-corrected chi connectivity index (χ2v) is 5.71. The molecule has 7 nitrogen and oxygen atoms in total. The number of aromatic nitrogens is 2. The predicted molar refractivity (Wildman–Crippen MR) is 70.3 cm³/mol. The van der Waals surface area contributed by atoms with Gasteiger partial charge in [0.05, 0.1) is 0 Å². The molecule has 20 heavy (non-hydrogen) atoms. The zero-order valence-electron chi connectivity index (χ0n) is 11.7. The second kappa shape index (κ2) is 5.24. The van der Waals surface area contributed by atoms with Crippen LogP contribution in [0.2, 0.25) is 0 Å². The highest BCUT2D eigenvalue weighted by atomic mass is 16.6. The van der Waals surface area contributed by atoms with Gasteiger partial charge in [0, 0.05) is 12.3 Å². The molecule has 2 heterocycles. The van der Waals surface area contributed by atoms with Crippen LogP contribution in [0.5, 0.6) is 0 Å². The van der Waals surface area contributed by atoms with Crippen LogP contribution in [-0.4, -0.2) is 27.2 Å². The predicted octanol–water partition coefficient (Wildman–Crippen LogP) is 0.556. The normalized spacial score (nSPS) is 22.8. The van der Waals surface area contributed by atoms with Crippen LogP contribution < -0.4 is 11.2 Å². The molecule has 1 aromatic heterocycles. The number of rotatable bonds is 2. The molecule has 0 spiro atoms. The molecule has 1 aliphatic rings. The van der Waals surface area contributed by atoms with Gasteiger partial charge < -0.3 is 9.47 Å². The van der Waals surface area contributed by atoms with Crippen molar-refractivity contribution in [1.29, 1.82) is 0 Å². The third kappa shape index (κ3) is 3.36. The van der Waals surface area contributed by atoms with Crippen LogP contribution in [0.4, 0.5) is 0 Å². The van der Waals surface area contributed by atoms with Crippen LogP contribution in [0.25, 0.3) is 0 Å². The molecule has 0 amide bonds. The smallest absolute Gasteiger partial charge is 0.335 e. The van der Waals surface area contributed by atoms with Gasteiger partial charge in [-0.25, -0.2) is 9.59 Å². The minimum Gasteiger partial charge on any atom is -0.458 e. The summed E-state index contributed by atoms with van der Waals surface area (Å²) in [5, 5.41) is 0. The van der Waals surface area contributed by atoms with Crippen molar-refractivity contribution in [2.24, 2.45) is 0 Å². The molecule has 0 bridgehead atoms. The maximum atomic E-state index is 11.9. The summed E-state index contributed by atoms with van der Waals surface area (Å²) < 4.78 is 12.1. The number of aromatic amines is 1. The highest BCUT2D eigenvalue weighted by molar-refractivity contribution is 5.75. The van der Waals surface area contributed by atoms with Gasteiger partial charge in [0.15, 0.2) is 6.10 Å². The first kappa shape index (κ1) is 14.5. The van der Waals surface area contributed by atoms with Gasteiger partial charge in [0.1, 0.15) is 11.8 Å². The fraction of sp³-hybridized carbons (Fsp3) is 0.615. The van der Waals surface area contributed by atoms with E-state index in [0.29, 0.717) is 12.8 Å². The van der Waals surface area contributed by atoms with E-state index in [2.05, 4.69) is 4.98 Å². The van der Waals surface area contributed by atoms with Crippen molar-refractivity contribution in [3.63, 3.8) is 0 Å². The molecule has 1 fully saturated rings. The molecule has 1 aliphatic heterocycles. The minimum absolute atomic E-state index is 0.433. The fourth-order valence-electron chi connectivity index (χ4n) is 2.02. The van der Waals surface area contributed by atoms with Crippen LogP contribution in [0.1, 0.15) is 39.8 Å². The van der Waals surface area contributed by atoms with Gasteiger partial charge in [-0.15, -0.1) is 0 Å². The molecule has 1 N–H and O–H groups in total. The van der Waals surface area contributed by atoms with E-state index in [1.807, 2.05) is 0 Å². The number of carbonyl (C=O) groups excluding carboxylic acids is 1. The molecular weight excluding hydrogens is 264 g/mol. The number of hydrogen-bond acceptors (Lipinski definition) is 5. The number of nitrogens with one attached hydrogen (secondary N) is 1. The summed E-state index contributed by atoms with van der Waals surface area (Å²) in [5.74, 6) is -0.433. The number of nitrogens with zero attached hydrogens (tertiary/aromatic N) is 1. The zero-order chi connectivity index (χ0) is 14.9. The topological polar surface area (TPSA) is 90.4 Å². The van der Waals surface area contributed by atoms with E-state index in [-0.39, 0.29) is 0 Å². The Kier molecular flexibility index (Phi) is 3.80. The molecule has 2 atom stereocenters. The van der Waals surface area contributed by atoms with Gasteiger partial charge in [0.25, 0.3) is 5.56 Å². The summed E-state index contributed by atoms with van der Waals surface area (Å²) in [6.45, 7) is 5.34. The van der Waals surface area contributed by atoms with Crippen LogP contribution in [0.15, 0.2) is 21.9 Å². The Morgan fingerprint density at radius 3 is 2.70 bits per heavy atom.